The Kier molecular flexibility index (Phi) is 7.24. The Morgan fingerprint density at radius 1 is 1.09 bits per heavy atom. The van der Waals surface area contributed by atoms with Crippen molar-refractivity contribution in [2.75, 3.05) is 10.6 Å². The van der Waals surface area contributed by atoms with Crippen molar-refractivity contribution in [2.45, 2.75) is 19.9 Å². The summed E-state index contributed by atoms with van der Waals surface area (Å²) >= 11 is 0. The molecule has 33 heavy (non-hydrogen) atoms. The normalized spacial score (nSPS) is 12.3. The van der Waals surface area contributed by atoms with Crippen molar-refractivity contribution in [3.63, 3.8) is 0 Å². The van der Waals surface area contributed by atoms with Crippen LogP contribution in [0.25, 0.3) is 11.3 Å². The van der Waals surface area contributed by atoms with E-state index >= 15 is 0 Å². The van der Waals surface area contributed by atoms with E-state index in [-0.39, 0.29) is 23.2 Å². The monoisotopic (exact) mass is 455 g/mol. The van der Waals surface area contributed by atoms with Crippen LogP contribution < -0.4 is 16.0 Å². The molecule has 2 amide bonds. The molecule has 0 radical (unpaired) electrons. The van der Waals surface area contributed by atoms with Gasteiger partial charge >= 0.3 is 12.0 Å². The first-order valence-corrected chi connectivity index (χ1v) is 9.90. The summed E-state index contributed by atoms with van der Waals surface area (Å²) in [6.45, 7) is 3.41. The van der Waals surface area contributed by atoms with Gasteiger partial charge in [-0.1, -0.05) is 48.4 Å². The van der Waals surface area contributed by atoms with Crippen molar-refractivity contribution < 1.29 is 28.8 Å². The highest BCUT2D eigenvalue weighted by Gasteiger charge is 2.25. The van der Waals surface area contributed by atoms with Crippen LogP contribution in [0, 0.1) is 11.7 Å². The van der Waals surface area contributed by atoms with Crippen molar-refractivity contribution in [2.24, 2.45) is 11.1 Å². The lowest BCUT2D eigenvalue weighted by Gasteiger charge is -2.18. The minimum atomic E-state index is -1.10. The number of aromatic nitrogens is 1. The molecule has 0 bridgehead atoms. The quantitative estimate of drug-likeness (QED) is 0.157. The molecular formula is C22H22FN5O5. The maximum atomic E-state index is 13.6. The molecule has 5 N–H and O–H groups in total. The van der Waals surface area contributed by atoms with E-state index in [1.165, 1.54) is 24.3 Å². The summed E-state index contributed by atoms with van der Waals surface area (Å²) in [5.74, 6) is -2.05. The maximum Gasteiger partial charge on any atom is 0.326 e. The number of aliphatic carboxylic acids is 1. The van der Waals surface area contributed by atoms with E-state index in [9.17, 15) is 24.3 Å². The number of carbonyl (C=O) groups is 2. The highest BCUT2D eigenvalue weighted by molar-refractivity contribution is 6.00. The molecule has 3 aromatic rings. The Hall–Kier alpha value is -4.41. The summed E-state index contributed by atoms with van der Waals surface area (Å²) in [7, 11) is 0. The molecule has 3 rings (SSSR count). The minimum Gasteiger partial charge on any atom is -0.480 e. The number of halogens is 1. The number of rotatable bonds is 7. The number of carboxylic acids is 1. The van der Waals surface area contributed by atoms with Crippen molar-refractivity contribution in [1.82, 2.24) is 10.5 Å². The van der Waals surface area contributed by atoms with Crippen LogP contribution in [0.1, 0.15) is 19.6 Å². The number of hydrogen-bond donors (Lipinski definition) is 5. The molecule has 0 aliphatic carbocycles. The van der Waals surface area contributed by atoms with E-state index in [2.05, 4.69) is 26.3 Å². The summed E-state index contributed by atoms with van der Waals surface area (Å²) in [5, 5.41) is 33.2. The molecule has 10 nitrogen and oxygen atoms in total. The Labute approximate surface area is 188 Å². The van der Waals surface area contributed by atoms with E-state index < -0.39 is 23.9 Å². The Balaban J connectivity index is 1.67. The maximum absolute atomic E-state index is 13.6. The number of oxime groups is 1. The average molecular weight is 455 g/mol. The van der Waals surface area contributed by atoms with Gasteiger partial charge in [-0.05, 0) is 30.2 Å². The summed E-state index contributed by atoms with van der Waals surface area (Å²) in [5.41, 5.74) is 1.53. The minimum absolute atomic E-state index is 0.0471. The van der Waals surface area contributed by atoms with E-state index in [0.717, 1.165) is 0 Å². The largest absolute Gasteiger partial charge is 0.480 e. The number of nitrogens with zero attached hydrogens (tertiary/aromatic N) is 2. The second-order valence-corrected chi connectivity index (χ2v) is 7.37. The Morgan fingerprint density at radius 2 is 1.79 bits per heavy atom. The van der Waals surface area contributed by atoms with Crippen LogP contribution in [-0.2, 0) is 4.79 Å². The van der Waals surface area contributed by atoms with Gasteiger partial charge in [-0.2, -0.15) is 0 Å². The van der Waals surface area contributed by atoms with Crippen LogP contribution >= 0.6 is 0 Å². The van der Waals surface area contributed by atoms with Crippen LogP contribution in [-0.4, -0.2) is 39.3 Å². The van der Waals surface area contributed by atoms with Crippen molar-refractivity contribution in [3.8, 4) is 11.3 Å². The van der Waals surface area contributed by atoms with Gasteiger partial charge in [-0.15, -0.1) is 0 Å². The Bertz CT molecular complexity index is 1160. The predicted octanol–water partition coefficient (Wildman–Crippen LogP) is 3.96. The SMILES string of the molecule is CC(C)[C@@H](N/C(=N/O)c1cc(-c2ccc(NC(=O)Nc3ccccc3F)cc2)no1)C(=O)O. The first kappa shape index (κ1) is 23.3. The zero-order valence-corrected chi connectivity index (χ0v) is 17.7. The number of anilines is 2. The van der Waals surface area contributed by atoms with Gasteiger partial charge in [-0.25, -0.2) is 14.0 Å². The van der Waals surface area contributed by atoms with Gasteiger partial charge in [0.25, 0.3) is 0 Å². The zero-order valence-electron chi connectivity index (χ0n) is 17.7. The summed E-state index contributed by atoms with van der Waals surface area (Å²) < 4.78 is 18.8. The number of hydrogen-bond acceptors (Lipinski definition) is 6. The molecule has 0 spiro atoms. The van der Waals surface area contributed by atoms with Gasteiger partial charge in [0, 0.05) is 17.3 Å². The van der Waals surface area contributed by atoms with Crippen molar-refractivity contribution in [1.29, 1.82) is 0 Å². The van der Waals surface area contributed by atoms with E-state index in [0.29, 0.717) is 16.9 Å². The van der Waals surface area contributed by atoms with Crippen molar-refractivity contribution >= 4 is 29.2 Å². The van der Waals surface area contributed by atoms with Crippen molar-refractivity contribution in [3.05, 3.63) is 66.2 Å². The molecule has 1 atom stereocenters. The fourth-order valence-electron chi connectivity index (χ4n) is 2.90. The predicted molar refractivity (Wildman–Crippen MR) is 119 cm³/mol. The van der Waals surface area contributed by atoms with Crippen LogP contribution in [0.3, 0.4) is 0 Å². The lowest BCUT2D eigenvalue weighted by Crippen LogP contribution is -2.44. The lowest BCUT2D eigenvalue weighted by molar-refractivity contribution is -0.140. The first-order chi connectivity index (χ1) is 15.8. The summed E-state index contributed by atoms with van der Waals surface area (Å²) in [4.78, 5) is 23.5. The molecule has 0 unspecified atom stereocenters. The van der Waals surface area contributed by atoms with Gasteiger partial charge in [0.15, 0.2) is 0 Å². The standard InChI is InChI=1S/C22H22FN5O5/c1-12(2)19(21(29)30)26-20(27-32)18-11-17(28-33-18)13-7-9-14(10-8-13)24-22(31)25-16-6-4-3-5-15(16)23/h3-12,19,32H,1-2H3,(H,26,27)(H,29,30)(H2,24,25,31)/t19-/m1/s1. The number of amidine groups is 1. The van der Waals surface area contributed by atoms with E-state index in [1.807, 2.05) is 0 Å². The molecular weight excluding hydrogens is 433 g/mol. The number of para-hydroxylation sites is 1. The average Bonchev–Trinajstić information content (AvgIpc) is 3.26. The van der Waals surface area contributed by atoms with Crippen LogP contribution in [0.5, 0.6) is 0 Å². The number of carboxylic acid groups (broad SMARTS) is 1. The van der Waals surface area contributed by atoms with Crippen LogP contribution in [0.2, 0.25) is 0 Å². The Morgan fingerprint density at radius 3 is 2.39 bits per heavy atom. The van der Waals surface area contributed by atoms with Gasteiger partial charge in [0.2, 0.25) is 11.6 Å². The van der Waals surface area contributed by atoms with Gasteiger partial charge in [-0.3, -0.25) is 0 Å². The van der Waals surface area contributed by atoms with Crippen LogP contribution in [0.15, 0.2) is 64.3 Å². The van der Waals surface area contributed by atoms with E-state index in [4.69, 9.17) is 4.52 Å². The summed E-state index contributed by atoms with van der Waals surface area (Å²) in [6.07, 6.45) is 0. The number of carbonyl (C=O) groups excluding carboxylic acids is 1. The molecule has 0 aliphatic rings. The third-order valence-corrected chi connectivity index (χ3v) is 4.63. The van der Waals surface area contributed by atoms with Gasteiger partial charge in [0.05, 0.1) is 5.69 Å². The molecule has 2 aromatic carbocycles. The second kappa shape index (κ2) is 10.3. The first-order valence-electron chi connectivity index (χ1n) is 9.90. The van der Waals surface area contributed by atoms with E-state index in [1.54, 1.807) is 44.2 Å². The molecule has 0 saturated heterocycles. The van der Waals surface area contributed by atoms with Crippen LogP contribution in [0.4, 0.5) is 20.6 Å². The topological polar surface area (TPSA) is 149 Å². The number of amides is 2. The summed E-state index contributed by atoms with van der Waals surface area (Å²) in [6, 6.07) is 12.2. The fraction of sp³-hybridized carbons (Fsp3) is 0.182. The third kappa shape index (κ3) is 5.85. The fourth-order valence-corrected chi connectivity index (χ4v) is 2.90. The molecule has 1 aromatic heterocycles. The third-order valence-electron chi connectivity index (χ3n) is 4.63. The molecule has 0 fully saturated rings. The molecule has 0 saturated carbocycles. The number of nitrogens with one attached hydrogen (secondary N) is 3. The number of urea groups is 1. The highest BCUT2D eigenvalue weighted by atomic mass is 19.1. The number of benzene rings is 2. The molecule has 1 heterocycles. The lowest BCUT2D eigenvalue weighted by atomic mass is 10.0. The van der Waals surface area contributed by atoms with Gasteiger partial charge < -0.3 is 30.8 Å². The zero-order chi connectivity index (χ0) is 24.0. The smallest absolute Gasteiger partial charge is 0.326 e. The highest BCUT2D eigenvalue weighted by Crippen LogP contribution is 2.22. The second-order valence-electron chi connectivity index (χ2n) is 7.37. The van der Waals surface area contributed by atoms with Gasteiger partial charge in [0.1, 0.15) is 17.6 Å². The molecule has 11 heteroatoms. The molecule has 172 valence electrons. The molecule has 0 aliphatic heterocycles.